The molecule has 0 bridgehead atoms. The van der Waals surface area contributed by atoms with Gasteiger partial charge in [0.2, 0.25) is 5.13 Å². The van der Waals surface area contributed by atoms with Gasteiger partial charge < -0.3 is 10.6 Å². The Bertz CT molecular complexity index is 326. The molecule has 5 heteroatoms. The van der Waals surface area contributed by atoms with Crippen molar-refractivity contribution >= 4 is 16.7 Å². The molecule has 1 aliphatic rings. The van der Waals surface area contributed by atoms with Crippen molar-refractivity contribution in [1.82, 2.24) is 9.36 Å². The number of aromatic nitrogens is 2. The first-order valence-corrected chi connectivity index (χ1v) is 6.91. The molecule has 1 aliphatic heterocycles. The first-order chi connectivity index (χ1) is 7.85. The van der Waals surface area contributed by atoms with Gasteiger partial charge in [0.15, 0.2) is 0 Å². The number of hydrogen-bond donors (Lipinski definition) is 1. The Morgan fingerprint density at radius 2 is 2.38 bits per heavy atom. The minimum Gasteiger partial charge on any atom is -0.343 e. The van der Waals surface area contributed by atoms with E-state index in [1.165, 1.54) is 30.8 Å². The first kappa shape index (κ1) is 11.8. The van der Waals surface area contributed by atoms with Crippen molar-refractivity contribution in [2.45, 2.75) is 45.1 Å². The normalized spacial score (nSPS) is 21.4. The lowest BCUT2D eigenvalue weighted by Crippen LogP contribution is -2.44. The molecule has 1 atom stereocenters. The smallest absolute Gasteiger partial charge is 0.205 e. The van der Waals surface area contributed by atoms with E-state index in [1.807, 2.05) is 0 Å². The zero-order valence-corrected chi connectivity index (χ0v) is 10.7. The number of anilines is 1. The van der Waals surface area contributed by atoms with Crippen LogP contribution in [0.4, 0.5) is 5.13 Å². The highest BCUT2D eigenvalue weighted by atomic mass is 32.1. The topological polar surface area (TPSA) is 55.0 Å². The van der Waals surface area contributed by atoms with Gasteiger partial charge in [0.25, 0.3) is 0 Å². The molecule has 0 amide bonds. The summed E-state index contributed by atoms with van der Waals surface area (Å²) in [6.07, 6.45) is 5.82. The third-order valence-corrected chi connectivity index (χ3v) is 3.87. The Hall–Kier alpha value is -0.680. The molecule has 2 N–H and O–H groups in total. The van der Waals surface area contributed by atoms with E-state index in [0.29, 0.717) is 6.04 Å². The summed E-state index contributed by atoms with van der Waals surface area (Å²) in [7, 11) is 0. The zero-order chi connectivity index (χ0) is 11.4. The fourth-order valence-electron chi connectivity index (χ4n) is 2.18. The molecule has 16 heavy (non-hydrogen) atoms. The summed E-state index contributed by atoms with van der Waals surface area (Å²) in [6, 6.07) is 0.469. The van der Waals surface area contributed by atoms with Crippen molar-refractivity contribution in [3.8, 4) is 0 Å². The van der Waals surface area contributed by atoms with E-state index in [4.69, 9.17) is 5.73 Å². The number of piperidine rings is 1. The molecule has 0 radical (unpaired) electrons. The number of nitrogens with two attached hydrogens (primary N) is 1. The fraction of sp³-hybridized carbons (Fsp3) is 0.818. The summed E-state index contributed by atoms with van der Waals surface area (Å²) in [6.45, 7) is 3.97. The molecule has 0 aromatic carbocycles. The first-order valence-electron chi connectivity index (χ1n) is 6.14. The van der Waals surface area contributed by atoms with Gasteiger partial charge in [-0.1, -0.05) is 6.92 Å². The summed E-state index contributed by atoms with van der Waals surface area (Å²) in [5.74, 6) is 0.990. The minimum atomic E-state index is 0.469. The molecule has 90 valence electrons. The maximum Gasteiger partial charge on any atom is 0.205 e. The van der Waals surface area contributed by atoms with Crippen LogP contribution in [0, 0.1) is 0 Å². The molecule has 1 aromatic rings. The Kier molecular flexibility index (Phi) is 4.12. The molecule has 1 saturated heterocycles. The molecular weight excluding hydrogens is 220 g/mol. The van der Waals surface area contributed by atoms with E-state index in [2.05, 4.69) is 21.2 Å². The third kappa shape index (κ3) is 2.52. The number of hydrogen-bond acceptors (Lipinski definition) is 5. The van der Waals surface area contributed by atoms with Crippen LogP contribution in [0.25, 0.3) is 0 Å². The SMILES string of the molecule is CCCc1nsc(N2CCCCC2CN)n1. The van der Waals surface area contributed by atoms with Gasteiger partial charge in [0, 0.05) is 37.1 Å². The van der Waals surface area contributed by atoms with Crippen LogP contribution in [-0.4, -0.2) is 28.5 Å². The standard InChI is InChI=1S/C11H20N4S/c1-2-5-10-13-11(16-14-10)15-7-4-3-6-9(15)8-12/h9H,2-8,12H2,1H3. The molecular formula is C11H20N4S. The average molecular weight is 240 g/mol. The second kappa shape index (κ2) is 5.59. The lowest BCUT2D eigenvalue weighted by molar-refractivity contribution is 0.464. The van der Waals surface area contributed by atoms with Crippen molar-refractivity contribution in [2.75, 3.05) is 18.0 Å². The van der Waals surface area contributed by atoms with E-state index in [0.717, 1.165) is 36.9 Å². The monoisotopic (exact) mass is 240 g/mol. The van der Waals surface area contributed by atoms with Gasteiger partial charge >= 0.3 is 0 Å². The molecule has 4 nitrogen and oxygen atoms in total. The average Bonchev–Trinajstić information content (AvgIpc) is 2.78. The summed E-state index contributed by atoms with van der Waals surface area (Å²) < 4.78 is 4.40. The summed E-state index contributed by atoms with van der Waals surface area (Å²) in [5, 5.41) is 1.07. The van der Waals surface area contributed by atoms with Crippen molar-refractivity contribution in [3.63, 3.8) is 0 Å². The highest BCUT2D eigenvalue weighted by Crippen LogP contribution is 2.25. The maximum absolute atomic E-state index is 5.81. The van der Waals surface area contributed by atoms with Crippen molar-refractivity contribution in [3.05, 3.63) is 5.82 Å². The molecule has 0 spiro atoms. The highest BCUT2D eigenvalue weighted by Gasteiger charge is 2.23. The molecule has 2 heterocycles. The van der Waals surface area contributed by atoms with Crippen molar-refractivity contribution in [2.24, 2.45) is 5.73 Å². The fourth-order valence-corrected chi connectivity index (χ4v) is 2.99. The van der Waals surface area contributed by atoms with Crippen LogP contribution in [0.2, 0.25) is 0 Å². The molecule has 1 aromatic heterocycles. The number of rotatable bonds is 4. The van der Waals surface area contributed by atoms with E-state index >= 15 is 0 Å². The van der Waals surface area contributed by atoms with Crippen LogP contribution >= 0.6 is 11.5 Å². The minimum absolute atomic E-state index is 0.469. The predicted molar refractivity (Wildman–Crippen MR) is 67.9 cm³/mol. The summed E-state index contributed by atoms with van der Waals surface area (Å²) in [4.78, 5) is 6.95. The van der Waals surface area contributed by atoms with Gasteiger partial charge in [-0.25, -0.2) is 4.98 Å². The van der Waals surface area contributed by atoms with Gasteiger partial charge in [-0.3, -0.25) is 0 Å². The Labute approximate surface area is 101 Å². The second-order valence-electron chi connectivity index (χ2n) is 4.32. The van der Waals surface area contributed by atoms with Crippen LogP contribution in [0.3, 0.4) is 0 Å². The van der Waals surface area contributed by atoms with E-state index in [-0.39, 0.29) is 0 Å². The Balaban J connectivity index is 2.08. The van der Waals surface area contributed by atoms with E-state index in [1.54, 1.807) is 0 Å². The van der Waals surface area contributed by atoms with Crippen LogP contribution in [0.1, 0.15) is 38.4 Å². The van der Waals surface area contributed by atoms with Crippen LogP contribution in [0.5, 0.6) is 0 Å². The van der Waals surface area contributed by atoms with Gasteiger partial charge in [0.1, 0.15) is 5.82 Å². The van der Waals surface area contributed by atoms with Crippen molar-refractivity contribution in [1.29, 1.82) is 0 Å². The van der Waals surface area contributed by atoms with E-state index < -0.39 is 0 Å². The highest BCUT2D eigenvalue weighted by molar-refractivity contribution is 7.09. The van der Waals surface area contributed by atoms with Gasteiger partial charge in [-0.15, -0.1) is 0 Å². The summed E-state index contributed by atoms with van der Waals surface area (Å²) >= 11 is 1.52. The lowest BCUT2D eigenvalue weighted by Gasteiger charge is -2.34. The third-order valence-electron chi connectivity index (χ3n) is 3.08. The summed E-state index contributed by atoms with van der Waals surface area (Å²) in [5.41, 5.74) is 5.81. The van der Waals surface area contributed by atoms with Gasteiger partial charge in [-0.2, -0.15) is 4.37 Å². The molecule has 0 saturated carbocycles. The van der Waals surface area contributed by atoms with Crippen LogP contribution in [-0.2, 0) is 6.42 Å². The molecule has 1 fully saturated rings. The lowest BCUT2D eigenvalue weighted by atomic mass is 10.0. The molecule has 1 unspecified atom stereocenters. The van der Waals surface area contributed by atoms with Crippen molar-refractivity contribution < 1.29 is 0 Å². The molecule has 2 rings (SSSR count). The second-order valence-corrected chi connectivity index (χ2v) is 5.05. The van der Waals surface area contributed by atoms with Gasteiger partial charge in [0.05, 0.1) is 0 Å². The maximum atomic E-state index is 5.81. The van der Waals surface area contributed by atoms with E-state index in [9.17, 15) is 0 Å². The largest absolute Gasteiger partial charge is 0.343 e. The van der Waals surface area contributed by atoms with Crippen LogP contribution in [0.15, 0.2) is 0 Å². The number of aryl methyl sites for hydroxylation is 1. The molecule has 0 aliphatic carbocycles. The Morgan fingerprint density at radius 3 is 3.12 bits per heavy atom. The Morgan fingerprint density at radius 1 is 1.50 bits per heavy atom. The zero-order valence-electron chi connectivity index (χ0n) is 9.85. The van der Waals surface area contributed by atoms with Crippen LogP contribution < -0.4 is 10.6 Å². The predicted octanol–water partition coefficient (Wildman–Crippen LogP) is 1.81. The number of nitrogens with zero attached hydrogens (tertiary/aromatic N) is 3. The van der Waals surface area contributed by atoms with Gasteiger partial charge in [-0.05, 0) is 25.7 Å². The quantitative estimate of drug-likeness (QED) is 0.872.